The largest absolute Gasteiger partial charge is 0.490 e. The molecule has 5 nitrogen and oxygen atoms in total. The molecule has 1 aromatic carbocycles. The van der Waals surface area contributed by atoms with E-state index in [0.717, 1.165) is 69.0 Å². The summed E-state index contributed by atoms with van der Waals surface area (Å²) in [5.41, 5.74) is 1.14. The third-order valence-corrected chi connectivity index (χ3v) is 4.88. The second-order valence-corrected chi connectivity index (χ2v) is 6.48. The lowest BCUT2D eigenvalue weighted by molar-refractivity contribution is -0.145. The van der Waals surface area contributed by atoms with Crippen molar-refractivity contribution in [3.8, 4) is 11.5 Å². The summed E-state index contributed by atoms with van der Waals surface area (Å²) in [7, 11) is 0. The van der Waals surface area contributed by atoms with Crippen LogP contribution in [-0.4, -0.2) is 41.8 Å². The molecule has 1 N–H and O–H groups in total. The lowest BCUT2D eigenvalue weighted by atomic mass is 9.90. The molecule has 1 aromatic rings. The van der Waals surface area contributed by atoms with Crippen molar-refractivity contribution in [3.05, 3.63) is 23.8 Å². The third-order valence-electron chi connectivity index (χ3n) is 4.88. The van der Waals surface area contributed by atoms with Crippen LogP contribution in [0.1, 0.15) is 38.2 Å². The highest BCUT2D eigenvalue weighted by molar-refractivity contribution is 5.71. The van der Waals surface area contributed by atoms with Crippen LogP contribution < -0.4 is 9.47 Å². The zero-order chi connectivity index (χ0) is 16.2. The molecule has 2 atom stereocenters. The minimum atomic E-state index is -0.683. The third kappa shape index (κ3) is 3.78. The second kappa shape index (κ2) is 7.21. The zero-order valence-corrected chi connectivity index (χ0v) is 13.7. The van der Waals surface area contributed by atoms with E-state index >= 15 is 0 Å². The molecular weight excluding hydrogens is 294 g/mol. The Morgan fingerprint density at radius 2 is 1.96 bits per heavy atom. The Bertz CT molecular complexity index is 560. The van der Waals surface area contributed by atoms with Gasteiger partial charge in [0.15, 0.2) is 11.5 Å². The van der Waals surface area contributed by atoms with Crippen molar-refractivity contribution in [3.63, 3.8) is 0 Å². The fourth-order valence-electron chi connectivity index (χ4n) is 3.45. The van der Waals surface area contributed by atoms with E-state index in [1.165, 1.54) is 0 Å². The summed E-state index contributed by atoms with van der Waals surface area (Å²) in [5.74, 6) is 0.662. The average Bonchev–Trinajstić information content (AvgIpc) is 2.50. The van der Waals surface area contributed by atoms with Gasteiger partial charge in [-0.1, -0.05) is 6.07 Å². The van der Waals surface area contributed by atoms with E-state index in [9.17, 15) is 9.90 Å². The van der Waals surface area contributed by atoms with E-state index in [-0.39, 0.29) is 12.0 Å². The molecule has 1 fully saturated rings. The van der Waals surface area contributed by atoms with Gasteiger partial charge in [0.05, 0.1) is 19.1 Å². The van der Waals surface area contributed by atoms with Crippen molar-refractivity contribution in [2.24, 2.45) is 5.92 Å². The van der Waals surface area contributed by atoms with E-state index in [0.29, 0.717) is 0 Å². The first kappa shape index (κ1) is 16.1. The van der Waals surface area contributed by atoms with E-state index in [1.54, 1.807) is 0 Å². The van der Waals surface area contributed by atoms with Gasteiger partial charge in [-0.25, -0.2) is 0 Å². The molecule has 0 aromatic heterocycles. The predicted octanol–water partition coefficient (Wildman–Crippen LogP) is 2.92. The molecule has 126 valence electrons. The number of hydrogen-bond donors (Lipinski definition) is 1. The number of likely N-dealkylation sites (tertiary alicyclic amines) is 1. The Morgan fingerprint density at radius 3 is 2.70 bits per heavy atom. The molecule has 0 radical (unpaired) electrons. The van der Waals surface area contributed by atoms with Crippen LogP contribution in [0.3, 0.4) is 0 Å². The molecule has 2 aliphatic heterocycles. The standard InChI is InChI=1S/C18H25NO4/c1-13-15(18(20)21)5-4-8-19(13)12-14-6-7-16-17(11-14)23-10-3-2-9-22-16/h6-7,11,13,15H,2-5,8-10,12H2,1H3,(H,20,21)/t13-,15-/m1/s1. The first-order valence-corrected chi connectivity index (χ1v) is 8.50. The van der Waals surface area contributed by atoms with Crippen molar-refractivity contribution in [1.82, 2.24) is 4.90 Å². The Balaban J connectivity index is 1.72. The van der Waals surface area contributed by atoms with Crippen molar-refractivity contribution < 1.29 is 19.4 Å². The number of ether oxygens (including phenoxy) is 2. The predicted molar refractivity (Wildman–Crippen MR) is 86.9 cm³/mol. The summed E-state index contributed by atoms with van der Waals surface area (Å²) in [4.78, 5) is 13.6. The minimum Gasteiger partial charge on any atom is -0.490 e. The monoisotopic (exact) mass is 319 g/mol. The Morgan fingerprint density at radius 1 is 1.22 bits per heavy atom. The molecule has 0 bridgehead atoms. The van der Waals surface area contributed by atoms with E-state index in [4.69, 9.17) is 9.47 Å². The van der Waals surface area contributed by atoms with Gasteiger partial charge < -0.3 is 14.6 Å². The number of hydrogen-bond acceptors (Lipinski definition) is 4. The van der Waals surface area contributed by atoms with Crippen molar-refractivity contribution >= 4 is 5.97 Å². The molecule has 5 heteroatoms. The van der Waals surface area contributed by atoms with Gasteiger partial charge in [0.25, 0.3) is 0 Å². The Labute approximate surface area is 137 Å². The second-order valence-electron chi connectivity index (χ2n) is 6.48. The van der Waals surface area contributed by atoms with Gasteiger partial charge in [0.2, 0.25) is 0 Å². The molecule has 1 saturated heterocycles. The van der Waals surface area contributed by atoms with Gasteiger partial charge in [-0.2, -0.15) is 0 Å². The van der Waals surface area contributed by atoms with Crippen LogP contribution in [0.15, 0.2) is 18.2 Å². The average molecular weight is 319 g/mol. The Hall–Kier alpha value is -1.75. The van der Waals surface area contributed by atoms with E-state index in [1.807, 2.05) is 19.1 Å². The van der Waals surface area contributed by atoms with Crippen molar-refractivity contribution in [2.75, 3.05) is 19.8 Å². The van der Waals surface area contributed by atoms with Gasteiger partial charge in [0.1, 0.15) is 0 Å². The molecule has 2 aliphatic rings. The Kier molecular flexibility index (Phi) is 5.06. The molecule has 3 rings (SSSR count). The van der Waals surface area contributed by atoms with Crippen LogP contribution >= 0.6 is 0 Å². The lowest BCUT2D eigenvalue weighted by Gasteiger charge is -2.37. The number of nitrogens with zero attached hydrogens (tertiary/aromatic N) is 1. The maximum Gasteiger partial charge on any atom is 0.308 e. The fourth-order valence-corrected chi connectivity index (χ4v) is 3.45. The highest BCUT2D eigenvalue weighted by atomic mass is 16.5. The highest BCUT2D eigenvalue weighted by Gasteiger charge is 2.32. The van der Waals surface area contributed by atoms with Crippen molar-refractivity contribution in [2.45, 2.75) is 45.2 Å². The first-order valence-electron chi connectivity index (χ1n) is 8.50. The van der Waals surface area contributed by atoms with Crippen LogP contribution in [-0.2, 0) is 11.3 Å². The molecule has 0 saturated carbocycles. The first-order chi connectivity index (χ1) is 11.1. The molecule has 0 aliphatic carbocycles. The van der Waals surface area contributed by atoms with E-state index < -0.39 is 5.97 Å². The summed E-state index contributed by atoms with van der Waals surface area (Å²) in [6.45, 7) is 5.17. The molecule has 2 heterocycles. The molecule has 23 heavy (non-hydrogen) atoms. The topological polar surface area (TPSA) is 59.0 Å². The van der Waals surface area contributed by atoms with Gasteiger partial charge in [0, 0.05) is 12.6 Å². The van der Waals surface area contributed by atoms with Crippen LogP contribution in [0.4, 0.5) is 0 Å². The number of benzene rings is 1. The molecule has 0 spiro atoms. The maximum atomic E-state index is 11.4. The zero-order valence-electron chi connectivity index (χ0n) is 13.7. The maximum absolute atomic E-state index is 11.4. The highest BCUT2D eigenvalue weighted by Crippen LogP contribution is 2.32. The van der Waals surface area contributed by atoms with Gasteiger partial charge >= 0.3 is 5.97 Å². The number of piperidine rings is 1. The minimum absolute atomic E-state index is 0.0560. The smallest absolute Gasteiger partial charge is 0.308 e. The molecule has 0 amide bonds. The number of aliphatic carboxylic acids is 1. The summed E-state index contributed by atoms with van der Waals surface area (Å²) in [5, 5.41) is 9.35. The van der Waals surface area contributed by atoms with Gasteiger partial charge in [-0.15, -0.1) is 0 Å². The van der Waals surface area contributed by atoms with Crippen molar-refractivity contribution in [1.29, 1.82) is 0 Å². The van der Waals surface area contributed by atoms with Crippen LogP contribution in [0.5, 0.6) is 11.5 Å². The molecular formula is C18H25NO4. The number of carboxylic acids is 1. The number of carboxylic acid groups (broad SMARTS) is 1. The normalized spacial score (nSPS) is 25.4. The van der Waals surface area contributed by atoms with Gasteiger partial charge in [-0.05, 0) is 56.8 Å². The summed E-state index contributed by atoms with van der Waals surface area (Å²) >= 11 is 0. The van der Waals surface area contributed by atoms with Gasteiger partial charge in [-0.3, -0.25) is 9.69 Å². The summed E-state index contributed by atoms with van der Waals surface area (Å²) in [6, 6.07) is 6.12. The van der Waals surface area contributed by atoms with Crippen LogP contribution in [0.25, 0.3) is 0 Å². The van der Waals surface area contributed by atoms with Crippen LogP contribution in [0, 0.1) is 5.92 Å². The summed E-state index contributed by atoms with van der Waals surface area (Å²) < 4.78 is 11.5. The SMILES string of the molecule is C[C@@H]1[C@H](C(=O)O)CCCN1Cc1ccc2c(c1)OCCCCO2. The summed E-state index contributed by atoms with van der Waals surface area (Å²) in [6.07, 6.45) is 3.73. The molecule has 0 unspecified atom stereocenters. The number of rotatable bonds is 3. The number of carbonyl (C=O) groups is 1. The quantitative estimate of drug-likeness (QED) is 0.928. The number of fused-ring (bicyclic) bond motifs is 1. The lowest BCUT2D eigenvalue weighted by Crippen LogP contribution is -2.45. The fraction of sp³-hybridized carbons (Fsp3) is 0.611. The van der Waals surface area contributed by atoms with Crippen LogP contribution in [0.2, 0.25) is 0 Å². The van der Waals surface area contributed by atoms with E-state index in [2.05, 4.69) is 11.0 Å².